The average Bonchev–Trinajstić information content (AvgIpc) is 2.77. The van der Waals surface area contributed by atoms with Gasteiger partial charge in [0.15, 0.2) is 0 Å². The van der Waals surface area contributed by atoms with Crippen LogP contribution in [0.15, 0.2) is 30.5 Å². The number of hydrogen-bond acceptors (Lipinski definition) is 3. The smallest absolute Gasteiger partial charge is 0.275 e. The van der Waals surface area contributed by atoms with Crippen LogP contribution in [0.5, 0.6) is 0 Å². The zero-order valence-electron chi connectivity index (χ0n) is 11.1. The second-order valence-corrected chi connectivity index (χ2v) is 4.58. The number of benzene rings is 1. The van der Waals surface area contributed by atoms with Gasteiger partial charge < -0.3 is 0 Å². The SMILES string of the molecule is Cc1cc(C(F)(F)F)ccc1C(NN)c1ccn(C)n1. The lowest BCUT2D eigenvalue weighted by molar-refractivity contribution is -0.137. The first-order chi connectivity index (χ1) is 9.32. The molecule has 0 fully saturated rings. The Morgan fingerprint density at radius 1 is 1.30 bits per heavy atom. The summed E-state index contributed by atoms with van der Waals surface area (Å²) < 4.78 is 39.6. The Labute approximate surface area is 114 Å². The van der Waals surface area contributed by atoms with Gasteiger partial charge in [-0.1, -0.05) is 6.07 Å². The second kappa shape index (κ2) is 5.26. The molecule has 2 aromatic rings. The minimum absolute atomic E-state index is 0.446. The summed E-state index contributed by atoms with van der Waals surface area (Å²) in [6, 6.07) is 4.91. The molecule has 1 heterocycles. The zero-order chi connectivity index (χ0) is 14.9. The maximum atomic E-state index is 12.7. The molecule has 7 heteroatoms. The highest BCUT2D eigenvalue weighted by atomic mass is 19.4. The normalized spacial score (nSPS) is 13.5. The summed E-state index contributed by atoms with van der Waals surface area (Å²) in [5.74, 6) is 5.52. The Kier molecular flexibility index (Phi) is 3.82. The third-order valence-corrected chi connectivity index (χ3v) is 3.10. The number of hydrogen-bond donors (Lipinski definition) is 2. The summed E-state index contributed by atoms with van der Waals surface area (Å²) in [5, 5.41) is 4.22. The quantitative estimate of drug-likeness (QED) is 0.671. The number of hydrazine groups is 1. The van der Waals surface area contributed by atoms with E-state index in [0.29, 0.717) is 16.8 Å². The van der Waals surface area contributed by atoms with Gasteiger partial charge in [0.05, 0.1) is 17.3 Å². The molecule has 0 aliphatic rings. The summed E-state index contributed by atoms with van der Waals surface area (Å²) in [5.41, 5.74) is 3.74. The van der Waals surface area contributed by atoms with Gasteiger partial charge in [0.2, 0.25) is 0 Å². The molecular formula is C13H15F3N4. The van der Waals surface area contributed by atoms with Crippen molar-refractivity contribution < 1.29 is 13.2 Å². The van der Waals surface area contributed by atoms with E-state index in [1.165, 1.54) is 6.07 Å². The minimum Gasteiger partial charge on any atom is -0.275 e. The van der Waals surface area contributed by atoms with Crippen molar-refractivity contribution >= 4 is 0 Å². The molecular weight excluding hydrogens is 269 g/mol. The lowest BCUT2D eigenvalue weighted by Gasteiger charge is -2.18. The highest BCUT2D eigenvalue weighted by molar-refractivity contribution is 5.38. The van der Waals surface area contributed by atoms with Gasteiger partial charge in [-0.05, 0) is 36.2 Å². The first kappa shape index (κ1) is 14.5. The predicted octanol–water partition coefficient (Wildman–Crippen LogP) is 2.30. The van der Waals surface area contributed by atoms with E-state index >= 15 is 0 Å². The van der Waals surface area contributed by atoms with Gasteiger partial charge in [-0.2, -0.15) is 18.3 Å². The summed E-state index contributed by atoms with van der Waals surface area (Å²) in [6.07, 6.45) is -2.60. The predicted molar refractivity (Wildman–Crippen MR) is 68.6 cm³/mol. The van der Waals surface area contributed by atoms with Crippen LogP contribution >= 0.6 is 0 Å². The molecule has 0 amide bonds. The van der Waals surface area contributed by atoms with Gasteiger partial charge in [-0.3, -0.25) is 10.5 Å². The fourth-order valence-corrected chi connectivity index (χ4v) is 2.10. The number of nitrogens with zero attached hydrogens (tertiary/aromatic N) is 2. The number of nitrogens with one attached hydrogen (secondary N) is 1. The molecule has 108 valence electrons. The molecule has 0 aliphatic heterocycles. The fourth-order valence-electron chi connectivity index (χ4n) is 2.10. The van der Waals surface area contributed by atoms with E-state index in [0.717, 1.165) is 12.1 Å². The molecule has 0 aliphatic carbocycles. The topological polar surface area (TPSA) is 55.9 Å². The van der Waals surface area contributed by atoms with Gasteiger partial charge in [0, 0.05) is 13.2 Å². The molecule has 0 bridgehead atoms. The number of aryl methyl sites for hydroxylation is 2. The monoisotopic (exact) mass is 284 g/mol. The third-order valence-electron chi connectivity index (χ3n) is 3.10. The van der Waals surface area contributed by atoms with Gasteiger partial charge in [-0.25, -0.2) is 5.43 Å². The maximum Gasteiger partial charge on any atom is 0.416 e. The Balaban J connectivity index is 2.41. The second-order valence-electron chi connectivity index (χ2n) is 4.58. The molecule has 1 aromatic heterocycles. The van der Waals surface area contributed by atoms with Crippen LogP contribution in [0, 0.1) is 6.92 Å². The van der Waals surface area contributed by atoms with Crippen LogP contribution in [0.1, 0.15) is 28.4 Å². The van der Waals surface area contributed by atoms with Crippen molar-refractivity contribution in [2.24, 2.45) is 12.9 Å². The Morgan fingerprint density at radius 3 is 2.45 bits per heavy atom. The summed E-state index contributed by atoms with van der Waals surface area (Å²) in [4.78, 5) is 0. The lowest BCUT2D eigenvalue weighted by atomic mass is 9.97. The van der Waals surface area contributed by atoms with Crippen LogP contribution < -0.4 is 11.3 Å². The highest BCUT2D eigenvalue weighted by Crippen LogP contribution is 2.32. The maximum absolute atomic E-state index is 12.7. The van der Waals surface area contributed by atoms with Crippen LogP contribution in [0.3, 0.4) is 0 Å². The molecule has 2 rings (SSSR count). The number of aromatic nitrogens is 2. The Hall–Kier alpha value is -1.86. The first-order valence-electron chi connectivity index (χ1n) is 5.96. The van der Waals surface area contributed by atoms with E-state index in [2.05, 4.69) is 10.5 Å². The Morgan fingerprint density at radius 2 is 2.00 bits per heavy atom. The van der Waals surface area contributed by atoms with Crippen LogP contribution in [0.4, 0.5) is 13.2 Å². The molecule has 1 atom stereocenters. The number of alkyl halides is 3. The van der Waals surface area contributed by atoms with E-state index in [1.54, 1.807) is 30.9 Å². The van der Waals surface area contributed by atoms with Crippen molar-refractivity contribution in [3.63, 3.8) is 0 Å². The zero-order valence-corrected chi connectivity index (χ0v) is 11.1. The summed E-state index contributed by atoms with van der Waals surface area (Å²) in [7, 11) is 1.76. The van der Waals surface area contributed by atoms with Crippen LogP contribution in [-0.4, -0.2) is 9.78 Å². The van der Waals surface area contributed by atoms with Gasteiger partial charge in [0.25, 0.3) is 0 Å². The summed E-state index contributed by atoms with van der Waals surface area (Å²) in [6.45, 7) is 1.62. The molecule has 4 nitrogen and oxygen atoms in total. The Bertz CT molecular complexity index is 604. The van der Waals surface area contributed by atoms with Gasteiger partial charge in [0.1, 0.15) is 0 Å². The van der Waals surface area contributed by atoms with Crippen molar-refractivity contribution in [2.45, 2.75) is 19.1 Å². The van der Waals surface area contributed by atoms with Crippen molar-refractivity contribution in [3.05, 3.63) is 52.8 Å². The van der Waals surface area contributed by atoms with Crippen LogP contribution in [0.25, 0.3) is 0 Å². The van der Waals surface area contributed by atoms with Gasteiger partial charge in [-0.15, -0.1) is 0 Å². The standard InChI is InChI=1S/C13H15F3N4/c1-8-7-9(13(14,15)16)3-4-10(8)12(18-17)11-5-6-20(2)19-11/h3-7,12,18H,17H2,1-2H3. The van der Waals surface area contributed by atoms with Crippen molar-refractivity contribution in [3.8, 4) is 0 Å². The first-order valence-corrected chi connectivity index (χ1v) is 5.96. The molecule has 0 radical (unpaired) electrons. The van der Waals surface area contributed by atoms with Crippen LogP contribution in [0.2, 0.25) is 0 Å². The largest absolute Gasteiger partial charge is 0.416 e. The van der Waals surface area contributed by atoms with E-state index in [-0.39, 0.29) is 0 Å². The molecule has 0 saturated carbocycles. The van der Waals surface area contributed by atoms with Crippen molar-refractivity contribution in [2.75, 3.05) is 0 Å². The van der Waals surface area contributed by atoms with E-state index in [4.69, 9.17) is 5.84 Å². The van der Waals surface area contributed by atoms with Gasteiger partial charge >= 0.3 is 6.18 Å². The fraction of sp³-hybridized carbons (Fsp3) is 0.308. The molecule has 0 saturated heterocycles. The van der Waals surface area contributed by atoms with E-state index in [1.807, 2.05) is 0 Å². The van der Waals surface area contributed by atoms with Crippen LogP contribution in [-0.2, 0) is 13.2 Å². The molecule has 1 unspecified atom stereocenters. The number of rotatable bonds is 3. The summed E-state index contributed by atoms with van der Waals surface area (Å²) >= 11 is 0. The van der Waals surface area contributed by atoms with Crippen molar-refractivity contribution in [1.29, 1.82) is 0 Å². The molecule has 1 aromatic carbocycles. The average molecular weight is 284 g/mol. The highest BCUT2D eigenvalue weighted by Gasteiger charge is 2.31. The van der Waals surface area contributed by atoms with E-state index < -0.39 is 17.8 Å². The molecule has 3 N–H and O–H groups in total. The van der Waals surface area contributed by atoms with E-state index in [9.17, 15) is 13.2 Å². The number of halogens is 3. The third kappa shape index (κ3) is 2.83. The lowest BCUT2D eigenvalue weighted by Crippen LogP contribution is -2.30. The van der Waals surface area contributed by atoms with Crippen molar-refractivity contribution in [1.82, 2.24) is 15.2 Å². The minimum atomic E-state index is -4.35. The molecule has 20 heavy (non-hydrogen) atoms. The molecule has 0 spiro atoms. The number of nitrogens with two attached hydrogens (primary N) is 1.